The third-order valence-electron chi connectivity index (χ3n) is 2.69. The molecule has 0 aliphatic heterocycles. The molecule has 0 saturated carbocycles. The highest BCUT2D eigenvalue weighted by molar-refractivity contribution is 7.92. The maximum Gasteiger partial charge on any atom is 0.335 e. The summed E-state index contributed by atoms with van der Waals surface area (Å²) < 4.78 is 39.7. The smallest absolute Gasteiger partial charge is 0.335 e. The number of halogens is 1. The number of nitrogens with zero attached hydrogens (tertiary/aromatic N) is 1. The number of imidazole rings is 1. The van der Waals surface area contributed by atoms with Gasteiger partial charge in [0.1, 0.15) is 11.6 Å². The van der Waals surface area contributed by atoms with E-state index in [1.165, 1.54) is 0 Å². The molecule has 112 valence electrons. The molecule has 1 aromatic heterocycles. The van der Waals surface area contributed by atoms with E-state index in [1.54, 1.807) is 6.92 Å². The second kappa shape index (κ2) is 5.52. The van der Waals surface area contributed by atoms with E-state index in [0.29, 0.717) is 12.2 Å². The predicted octanol–water partition coefficient (Wildman–Crippen LogP) is 1.61. The Morgan fingerprint density at radius 1 is 1.48 bits per heavy atom. The monoisotopic (exact) mass is 313 g/mol. The van der Waals surface area contributed by atoms with Crippen LogP contribution in [0.3, 0.4) is 0 Å². The molecule has 7 nitrogen and oxygen atoms in total. The summed E-state index contributed by atoms with van der Waals surface area (Å²) in [6, 6.07) is 2.83. The molecule has 1 heterocycles. The van der Waals surface area contributed by atoms with Crippen LogP contribution in [-0.2, 0) is 16.4 Å². The van der Waals surface area contributed by atoms with Crippen LogP contribution in [0.1, 0.15) is 23.1 Å². The number of carboxylic acid groups (broad SMARTS) is 1. The number of sulfonamides is 1. The number of aryl methyl sites for hydroxylation is 1. The highest BCUT2D eigenvalue weighted by Crippen LogP contribution is 2.20. The first-order valence-corrected chi connectivity index (χ1v) is 7.41. The van der Waals surface area contributed by atoms with E-state index in [1.807, 2.05) is 4.72 Å². The first-order valence-electron chi connectivity index (χ1n) is 5.93. The SMILES string of the molecule is CCc1ncc(S(=O)(=O)Nc2cc(C(=O)O)ccc2F)[nH]1. The molecule has 0 saturated heterocycles. The van der Waals surface area contributed by atoms with Gasteiger partial charge in [0.05, 0.1) is 17.4 Å². The van der Waals surface area contributed by atoms with Crippen LogP contribution in [0, 0.1) is 5.82 Å². The topological polar surface area (TPSA) is 112 Å². The van der Waals surface area contributed by atoms with Gasteiger partial charge in [0.15, 0.2) is 5.03 Å². The average molecular weight is 313 g/mol. The molecule has 3 N–H and O–H groups in total. The molecule has 0 aliphatic rings. The zero-order chi connectivity index (χ0) is 15.6. The van der Waals surface area contributed by atoms with Crippen molar-refractivity contribution in [3.05, 3.63) is 41.6 Å². The van der Waals surface area contributed by atoms with Gasteiger partial charge in [0.2, 0.25) is 0 Å². The molecule has 0 aliphatic carbocycles. The molecule has 21 heavy (non-hydrogen) atoms. The Labute approximate surface area is 119 Å². The number of carbonyl (C=O) groups is 1. The standard InChI is InChI=1S/C12H12FN3O4S/c1-2-10-14-6-11(15-10)21(19,20)16-9-5-7(12(17)18)3-4-8(9)13/h3-6,16H,2H2,1H3,(H,14,15)(H,17,18). The van der Waals surface area contributed by atoms with Crippen LogP contribution in [0.5, 0.6) is 0 Å². The Bertz CT molecular complexity index is 786. The number of carboxylic acids is 1. The van der Waals surface area contributed by atoms with Gasteiger partial charge in [-0.2, -0.15) is 8.42 Å². The van der Waals surface area contributed by atoms with E-state index in [0.717, 1.165) is 24.4 Å². The average Bonchev–Trinajstić information content (AvgIpc) is 2.90. The van der Waals surface area contributed by atoms with Crippen molar-refractivity contribution in [2.24, 2.45) is 0 Å². The number of aromatic carboxylic acids is 1. The third-order valence-corrected chi connectivity index (χ3v) is 3.96. The van der Waals surface area contributed by atoms with Gasteiger partial charge in [-0.25, -0.2) is 14.2 Å². The number of anilines is 1. The van der Waals surface area contributed by atoms with Gasteiger partial charge in [0.25, 0.3) is 10.0 Å². The molecule has 0 unspecified atom stereocenters. The van der Waals surface area contributed by atoms with Crippen molar-refractivity contribution >= 4 is 21.7 Å². The highest BCUT2D eigenvalue weighted by atomic mass is 32.2. The van der Waals surface area contributed by atoms with Crippen molar-refractivity contribution in [1.82, 2.24) is 9.97 Å². The summed E-state index contributed by atoms with van der Waals surface area (Å²) >= 11 is 0. The summed E-state index contributed by atoms with van der Waals surface area (Å²) in [4.78, 5) is 17.3. The van der Waals surface area contributed by atoms with E-state index in [-0.39, 0.29) is 10.6 Å². The van der Waals surface area contributed by atoms with Crippen molar-refractivity contribution in [1.29, 1.82) is 0 Å². The summed E-state index contributed by atoms with van der Waals surface area (Å²) in [7, 11) is -4.07. The zero-order valence-corrected chi connectivity index (χ0v) is 11.7. The van der Waals surface area contributed by atoms with Gasteiger partial charge in [-0.15, -0.1) is 0 Å². The lowest BCUT2D eigenvalue weighted by Gasteiger charge is -2.08. The number of rotatable bonds is 5. The molecule has 2 rings (SSSR count). The summed E-state index contributed by atoms with van der Waals surface area (Å²) in [5.74, 6) is -1.70. The Morgan fingerprint density at radius 3 is 2.76 bits per heavy atom. The number of nitrogens with one attached hydrogen (secondary N) is 2. The number of benzene rings is 1. The van der Waals surface area contributed by atoms with Crippen molar-refractivity contribution < 1.29 is 22.7 Å². The minimum absolute atomic E-state index is 0.223. The molecule has 0 atom stereocenters. The summed E-state index contributed by atoms with van der Waals surface area (Å²) in [5, 5.41) is 8.61. The zero-order valence-electron chi connectivity index (χ0n) is 10.9. The Balaban J connectivity index is 2.36. The highest BCUT2D eigenvalue weighted by Gasteiger charge is 2.19. The minimum Gasteiger partial charge on any atom is -0.478 e. The fourth-order valence-electron chi connectivity index (χ4n) is 1.60. The van der Waals surface area contributed by atoms with Crippen molar-refractivity contribution in [3.8, 4) is 0 Å². The third kappa shape index (κ3) is 3.19. The molecule has 2 aromatic rings. The Morgan fingerprint density at radius 2 is 2.19 bits per heavy atom. The normalized spacial score (nSPS) is 11.3. The molecule has 0 fully saturated rings. The number of hydrogen-bond acceptors (Lipinski definition) is 4. The maximum atomic E-state index is 13.6. The molecule has 1 aromatic carbocycles. The van der Waals surface area contributed by atoms with E-state index in [9.17, 15) is 17.6 Å². The van der Waals surface area contributed by atoms with E-state index in [2.05, 4.69) is 9.97 Å². The quantitative estimate of drug-likeness (QED) is 0.776. The van der Waals surface area contributed by atoms with Gasteiger partial charge in [-0.3, -0.25) is 4.72 Å². The van der Waals surface area contributed by atoms with Crippen LogP contribution in [0.15, 0.2) is 29.4 Å². The molecule has 0 bridgehead atoms. The van der Waals surface area contributed by atoms with Crippen LogP contribution in [0.4, 0.5) is 10.1 Å². The first-order chi connectivity index (χ1) is 9.83. The number of hydrogen-bond donors (Lipinski definition) is 3. The Hall–Kier alpha value is -2.42. The summed E-state index contributed by atoms with van der Waals surface area (Å²) in [5.41, 5.74) is -0.671. The van der Waals surface area contributed by atoms with Gasteiger partial charge >= 0.3 is 5.97 Å². The second-order valence-corrected chi connectivity index (χ2v) is 5.80. The largest absolute Gasteiger partial charge is 0.478 e. The van der Waals surface area contributed by atoms with E-state index >= 15 is 0 Å². The lowest BCUT2D eigenvalue weighted by atomic mass is 10.2. The lowest BCUT2D eigenvalue weighted by molar-refractivity contribution is 0.0697. The van der Waals surface area contributed by atoms with Gasteiger partial charge in [-0.05, 0) is 18.2 Å². The first kappa shape index (κ1) is 15.0. The fraction of sp³-hybridized carbons (Fsp3) is 0.167. The van der Waals surface area contributed by atoms with Gasteiger partial charge in [0, 0.05) is 6.42 Å². The summed E-state index contributed by atoms with van der Waals surface area (Å²) in [6.45, 7) is 1.79. The number of H-pyrrole nitrogens is 1. The molecule has 0 radical (unpaired) electrons. The lowest BCUT2D eigenvalue weighted by Crippen LogP contribution is -2.15. The minimum atomic E-state index is -4.07. The van der Waals surface area contributed by atoms with Crippen molar-refractivity contribution in [2.75, 3.05) is 4.72 Å². The van der Waals surface area contributed by atoms with Crippen LogP contribution in [0.25, 0.3) is 0 Å². The molecular formula is C12H12FN3O4S. The fourth-order valence-corrected chi connectivity index (χ4v) is 2.60. The van der Waals surface area contributed by atoms with E-state index < -0.39 is 27.5 Å². The molecular weight excluding hydrogens is 301 g/mol. The number of aromatic nitrogens is 2. The predicted molar refractivity (Wildman–Crippen MR) is 72.1 cm³/mol. The van der Waals surface area contributed by atoms with Crippen molar-refractivity contribution in [2.45, 2.75) is 18.4 Å². The second-order valence-electron chi connectivity index (χ2n) is 4.15. The van der Waals surface area contributed by atoms with Gasteiger partial charge < -0.3 is 10.1 Å². The maximum absolute atomic E-state index is 13.6. The molecule has 0 spiro atoms. The van der Waals surface area contributed by atoms with Crippen molar-refractivity contribution in [3.63, 3.8) is 0 Å². The van der Waals surface area contributed by atoms with Crippen LogP contribution < -0.4 is 4.72 Å². The van der Waals surface area contributed by atoms with Crippen LogP contribution >= 0.6 is 0 Å². The molecule has 0 amide bonds. The van der Waals surface area contributed by atoms with Crippen LogP contribution in [-0.4, -0.2) is 29.5 Å². The summed E-state index contributed by atoms with van der Waals surface area (Å²) in [6.07, 6.45) is 1.62. The van der Waals surface area contributed by atoms with Gasteiger partial charge in [-0.1, -0.05) is 6.92 Å². The van der Waals surface area contributed by atoms with Crippen LogP contribution in [0.2, 0.25) is 0 Å². The molecule has 9 heteroatoms. The Kier molecular flexibility index (Phi) is 3.94. The van der Waals surface area contributed by atoms with E-state index in [4.69, 9.17) is 5.11 Å². The number of aromatic amines is 1.